The number of thioether (sulfide) groups is 1. The van der Waals surface area contributed by atoms with Crippen molar-refractivity contribution in [3.8, 4) is 0 Å². The van der Waals surface area contributed by atoms with Gasteiger partial charge in [0, 0.05) is 0 Å². The van der Waals surface area contributed by atoms with Crippen LogP contribution >= 0.6 is 11.8 Å². The predicted molar refractivity (Wildman–Crippen MR) is 64.7 cm³/mol. The number of benzene rings is 1. The van der Waals surface area contributed by atoms with Crippen LogP contribution in [0.5, 0.6) is 0 Å². The monoisotopic (exact) mass is 246 g/mol. The summed E-state index contributed by atoms with van der Waals surface area (Å²) in [6.45, 7) is 1.87. The fourth-order valence-electron chi connectivity index (χ4n) is 1.49. The van der Waals surface area contributed by atoms with E-state index in [4.69, 9.17) is 4.42 Å². The van der Waals surface area contributed by atoms with Crippen LogP contribution in [-0.2, 0) is 5.75 Å². The lowest BCUT2D eigenvalue weighted by molar-refractivity contribution is 0.556. The number of oxazole rings is 1. The number of aromatic amines is 1. The summed E-state index contributed by atoms with van der Waals surface area (Å²) in [5.74, 6) is 2.13. The molecule has 0 atom stereocenters. The largest absolute Gasteiger partial charge is 0.440 e. The molecule has 0 aliphatic carbocycles. The van der Waals surface area contributed by atoms with E-state index in [9.17, 15) is 0 Å². The molecule has 17 heavy (non-hydrogen) atoms. The molecule has 3 aromatic rings. The molecule has 0 spiro atoms. The Morgan fingerprint density at radius 1 is 1.29 bits per heavy atom. The highest BCUT2D eigenvalue weighted by Gasteiger charge is 2.07. The molecule has 3 rings (SSSR count). The molecule has 2 heterocycles. The zero-order valence-electron chi connectivity index (χ0n) is 9.17. The van der Waals surface area contributed by atoms with Crippen molar-refractivity contribution >= 4 is 22.9 Å². The van der Waals surface area contributed by atoms with Gasteiger partial charge in [0.15, 0.2) is 5.58 Å². The second-order valence-corrected chi connectivity index (χ2v) is 4.51. The van der Waals surface area contributed by atoms with E-state index in [1.165, 1.54) is 11.8 Å². The normalized spacial score (nSPS) is 11.1. The minimum atomic E-state index is 0.631. The van der Waals surface area contributed by atoms with Crippen LogP contribution in [0.1, 0.15) is 11.7 Å². The van der Waals surface area contributed by atoms with Gasteiger partial charge in [0.25, 0.3) is 0 Å². The Labute approximate surface area is 102 Å². The van der Waals surface area contributed by atoms with Crippen molar-refractivity contribution in [2.75, 3.05) is 0 Å². The quantitative estimate of drug-likeness (QED) is 0.719. The Morgan fingerprint density at radius 3 is 2.94 bits per heavy atom. The van der Waals surface area contributed by atoms with Crippen molar-refractivity contribution in [3.63, 3.8) is 0 Å². The van der Waals surface area contributed by atoms with Crippen molar-refractivity contribution < 1.29 is 4.42 Å². The third kappa shape index (κ3) is 2.16. The van der Waals surface area contributed by atoms with Gasteiger partial charge >= 0.3 is 0 Å². The highest BCUT2D eigenvalue weighted by Crippen LogP contribution is 2.21. The van der Waals surface area contributed by atoms with Crippen molar-refractivity contribution in [3.05, 3.63) is 36.0 Å². The van der Waals surface area contributed by atoms with Crippen molar-refractivity contribution in [2.45, 2.75) is 17.8 Å². The first kappa shape index (κ1) is 10.3. The first-order valence-corrected chi connectivity index (χ1v) is 6.16. The third-order valence-corrected chi connectivity index (χ3v) is 3.07. The van der Waals surface area contributed by atoms with Gasteiger partial charge in [0.2, 0.25) is 11.0 Å². The molecule has 0 fully saturated rings. The first-order chi connectivity index (χ1) is 8.31. The molecule has 6 heteroatoms. The smallest absolute Gasteiger partial charge is 0.208 e. The molecule has 0 radical (unpaired) electrons. The van der Waals surface area contributed by atoms with Crippen molar-refractivity contribution in [2.24, 2.45) is 0 Å². The molecule has 1 aromatic carbocycles. The Bertz CT molecular complexity index is 613. The van der Waals surface area contributed by atoms with Gasteiger partial charge in [0.1, 0.15) is 11.3 Å². The number of hydrogen-bond acceptors (Lipinski definition) is 5. The number of aryl methyl sites for hydroxylation is 1. The molecule has 0 saturated carbocycles. The van der Waals surface area contributed by atoms with Gasteiger partial charge in [-0.05, 0) is 19.1 Å². The Balaban J connectivity index is 1.76. The Morgan fingerprint density at radius 2 is 2.18 bits per heavy atom. The zero-order chi connectivity index (χ0) is 11.7. The van der Waals surface area contributed by atoms with Crippen LogP contribution in [-0.4, -0.2) is 20.2 Å². The number of H-pyrrole nitrogens is 1. The molecule has 0 amide bonds. The number of aromatic nitrogens is 4. The van der Waals surface area contributed by atoms with Crippen LogP contribution in [0.25, 0.3) is 11.1 Å². The molecule has 0 bridgehead atoms. The summed E-state index contributed by atoms with van der Waals surface area (Å²) in [5, 5.41) is 7.55. The number of fused-ring (bicyclic) bond motifs is 1. The molecule has 2 aromatic heterocycles. The van der Waals surface area contributed by atoms with Crippen molar-refractivity contribution in [1.29, 1.82) is 0 Å². The van der Waals surface area contributed by atoms with E-state index in [0.717, 1.165) is 16.9 Å². The second kappa shape index (κ2) is 4.21. The molecular formula is C11H10N4OS. The Kier molecular flexibility index (Phi) is 2.56. The number of para-hydroxylation sites is 2. The molecule has 0 aliphatic heterocycles. The van der Waals surface area contributed by atoms with Crippen LogP contribution in [0.15, 0.2) is 33.8 Å². The molecule has 0 aliphatic rings. The SMILES string of the molecule is Cc1nc(SCc2nc3ccccc3o2)n[nH]1. The van der Waals surface area contributed by atoms with Gasteiger partial charge < -0.3 is 4.42 Å². The first-order valence-electron chi connectivity index (χ1n) is 5.17. The topological polar surface area (TPSA) is 67.6 Å². The lowest BCUT2D eigenvalue weighted by atomic mass is 10.3. The lowest BCUT2D eigenvalue weighted by Crippen LogP contribution is -1.81. The standard InChI is InChI=1S/C11H10N4OS/c1-7-12-11(15-14-7)17-6-10-13-8-4-2-3-5-9(8)16-10/h2-5H,6H2,1H3,(H,12,14,15). The van der Waals surface area contributed by atoms with E-state index < -0.39 is 0 Å². The molecule has 86 valence electrons. The summed E-state index contributed by atoms with van der Waals surface area (Å²) in [6.07, 6.45) is 0. The Hall–Kier alpha value is -1.82. The fourth-order valence-corrected chi connectivity index (χ4v) is 2.18. The van der Waals surface area contributed by atoms with Gasteiger partial charge in [-0.1, -0.05) is 23.9 Å². The lowest BCUT2D eigenvalue weighted by Gasteiger charge is -1.90. The van der Waals surface area contributed by atoms with Gasteiger partial charge in [-0.3, -0.25) is 5.10 Å². The third-order valence-electron chi connectivity index (χ3n) is 2.24. The molecule has 5 nitrogen and oxygen atoms in total. The van der Waals surface area contributed by atoms with Crippen LogP contribution in [0.4, 0.5) is 0 Å². The van der Waals surface area contributed by atoms with Crippen molar-refractivity contribution in [1.82, 2.24) is 20.2 Å². The minimum absolute atomic E-state index is 0.631. The molecule has 0 unspecified atom stereocenters. The number of rotatable bonds is 3. The van der Waals surface area contributed by atoms with Crippen LogP contribution in [0.2, 0.25) is 0 Å². The van der Waals surface area contributed by atoms with E-state index in [1.807, 2.05) is 31.2 Å². The minimum Gasteiger partial charge on any atom is -0.440 e. The van der Waals surface area contributed by atoms with E-state index in [1.54, 1.807) is 0 Å². The maximum absolute atomic E-state index is 5.60. The van der Waals surface area contributed by atoms with E-state index >= 15 is 0 Å². The van der Waals surface area contributed by atoms with Gasteiger partial charge in [-0.25, -0.2) is 9.97 Å². The highest BCUT2D eigenvalue weighted by atomic mass is 32.2. The maximum Gasteiger partial charge on any atom is 0.208 e. The van der Waals surface area contributed by atoms with Gasteiger partial charge in [-0.15, -0.1) is 5.10 Å². The summed E-state index contributed by atoms with van der Waals surface area (Å²) in [4.78, 5) is 8.59. The van der Waals surface area contributed by atoms with Gasteiger partial charge in [0.05, 0.1) is 5.75 Å². The highest BCUT2D eigenvalue weighted by molar-refractivity contribution is 7.98. The van der Waals surface area contributed by atoms with E-state index in [0.29, 0.717) is 16.8 Å². The van der Waals surface area contributed by atoms with Gasteiger partial charge in [-0.2, -0.15) is 0 Å². The second-order valence-electron chi connectivity index (χ2n) is 3.57. The maximum atomic E-state index is 5.60. The van der Waals surface area contributed by atoms with Crippen LogP contribution < -0.4 is 0 Å². The summed E-state index contributed by atoms with van der Waals surface area (Å²) < 4.78 is 5.60. The number of nitrogens with one attached hydrogen (secondary N) is 1. The van der Waals surface area contributed by atoms with E-state index in [2.05, 4.69) is 20.2 Å². The molecule has 0 saturated heterocycles. The van der Waals surface area contributed by atoms with E-state index in [-0.39, 0.29) is 0 Å². The summed E-state index contributed by atoms with van der Waals surface area (Å²) in [6, 6.07) is 7.72. The zero-order valence-corrected chi connectivity index (χ0v) is 9.99. The average Bonchev–Trinajstić information content (AvgIpc) is 2.91. The fraction of sp³-hybridized carbons (Fsp3) is 0.182. The summed E-state index contributed by atoms with van der Waals surface area (Å²) >= 11 is 1.50. The average molecular weight is 246 g/mol. The summed E-state index contributed by atoms with van der Waals surface area (Å²) in [7, 11) is 0. The molecular weight excluding hydrogens is 236 g/mol. The predicted octanol–water partition coefficient (Wildman–Crippen LogP) is 2.55. The number of nitrogens with zero attached hydrogens (tertiary/aromatic N) is 3. The van der Waals surface area contributed by atoms with Crippen LogP contribution in [0, 0.1) is 6.92 Å². The number of hydrogen-bond donors (Lipinski definition) is 1. The summed E-state index contributed by atoms with van der Waals surface area (Å²) in [5.41, 5.74) is 1.70. The molecule has 1 N–H and O–H groups in total. The van der Waals surface area contributed by atoms with Crippen LogP contribution in [0.3, 0.4) is 0 Å².